The first-order chi connectivity index (χ1) is 5.07. The Morgan fingerprint density at radius 1 is 1.82 bits per heavy atom. The Morgan fingerprint density at radius 2 is 2.45 bits per heavy atom. The van der Waals surface area contributed by atoms with Crippen LogP contribution in [-0.4, -0.2) is 17.5 Å². The van der Waals surface area contributed by atoms with E-state index in [1.54, 1.807) is 6.92 Å². The third-order valence-corrected chi connectivity index (χ3v) is 2.30. The van der Waals surface area contributed by atoms with Crippen molar-refractivity contribution >= 4 is 5.78 Å². The average molecular weight is 154 g/mol. The first kappa shape index (κ1) is 8.47. The second kappa shape index (κ2) is 2.78. The summed E-state index contributed by atoms with van der Waals surface area (Å²) >= 11 is 0. The van der Waals surface area contributed by atoms with Crippen molar-refractivity contribution in [3.8, 4) is 0 Å². The van der Waals surface area contributed by atoms with Gasteiger partial charge in [0, 0.05) is 5.41 Å². The van der Waals surface area contributed by atoms with Gasteiger partial charge in [-0.1, -0.05) is 13.0 Å². The molecule has 0 radical (unpaired) electrons. The molecule has 0 saturated carbocycles. The van der Waals surface area contributed by atoms with E-state index in [4.69, 9.17) is 5.11 Å². The number of Topliss-reactive ketones (excluding diaryl/α,β-unsaturated/α-hetero) is 1. The van der Waals surface area contributed by atoms with Crippen molar-refractivity contribution in [2.24, 2.45) is 5.41 Å². The van der Waals surface area contributed by atoms with Gasteiger partial charge in [-0.25, -0.2) is 0 Å². The first-order valence-corrected chi connectivity index (χ1v) is 3.91. The van der Waals surface area contributed by atoms with Gasteiger partial charge in [0.2, 0.25) is 0 Å². The molecule has 0 heterocycles. The largest absolute Gasteiger partial charge is 0.395 e. The lowest BCUT2D eigenvalue weighted by atomic mass is 9.92. The lowest BCUT2D eigenvalue weighted by molar-refractivity contribution is -0.113. The maximum Gasteiger partial charge on any atom is 0.155 e. The molecule has 0 unspecified atom stereocenters. The number of allylic oxidation sites excluding steroid dienone is 1. The minimum atomic E-state index is -0.138. The van der Waals surface area contributed by atoms with Gasteiger partial charge in [-0.05, 0) is 25.3 Å². The highest BCUT2D eigenvalue weighted by Gasteiger charge is 2.28. The van der Waals surface area contributed by atoms with Gasteiger partial charge in [0.15, 0.2) is 5.78 Å². The molecule has 1 atom stereocenters. The van der Waals surface area contributed by atoms with Gasteiger partial charge in [0.1, 0.15) is 0 Å². The number of rotatable bonds is 2. The summed E-state index contributed by atoms with van der Waals surface area (Å²) in [5, 5.41) is 8.97. The molecule has 2 nitrogen and oxygen atoms in total. The molecule has 0 aromatic carbocycles. The molecule has 1 aliphatic rings. The number of hydrogen-bond donors (Lipinski definition) is 1. The number of carbonyl (C=O) groups is 1. The van der Waals surface area contributed by atoms with Gasteiger partial charge in [0.05, 0.1) is 6.61 Å². The monoisotopic (exact) mass is 154 g/mol. The van der Waals surface area contributed by atoms with E-state index in [9.17, 15) is 4.79 Å². The van der Waals surface area contributed by atoms with Crippen LogP contribution in [0, 0.1) is 5.41 Å². The standard InChI is InChI=1S/C9H14O2/c1-7(11)8-3-4-9(2,5-8)6-10/h5,10H,3-4,6H2,1-2H3/t9-/m1/s1. The molecule has 0 amide bonds. The van der Waals surface area contributed by atoms with Crippen LogP contribution in [0.5, 0.6) is 0 Å². The maximum atomic E-state index is 10.9. The fourth-order valence-electron chi connectivity index (χ4n) is 1.39. The number of carbonyl (C=O) groups excluding carboxylic acids is 1. The maximum absolute atomic E-state index is 10.9. The third kappa shape index (κ3) is 1.69. The van der Waals surface area contributed by atoms with Crippen molar-refractivity contribution in [3.63, 3.8) is 0 Å². The van der Waals surface area contributed by atoms with Crippen LogP contribution in [0.25, 0.3) is 0 Å². The molecule has 1 N–H and O–H groups in total. The first-order valence-electron chi connectivity index (χ1n) is 3.91. The third-order valence-electron chi connectivity index (χ3n) is 2.30. The second-order valence-electron chi connectivity index (χ2n) is 3.54. The van der Waals surface area contributed by atoms with Gasteiger partial charge in [-0.15, -0.1) is 0 Å². The van der Waals surface area contributed by atoms with Crippen molar-refractivity contribution < 1.29 is 9.90 Å². The van der Waals surface area contributed by atoms with Gasteiger partial charge in [0.25, 0.3) is 0 Å². The lowest BCUT2D eigenvalue weighted by Gasteiger charge is -2.16. The average Bonchev–Trinajstić information content (AvgIpc) is 2.33. The van der Waals surface area contributed by atoms with Crippen molar-refractivity contribution in [2.75, 3.05) is 6.61 Å². The zero-order valence-electron chi connectivity index (χ0n) is 7.05. The van der Waals surface area contributed by atoms with Gasteiger partial charge < -0.3 is 5.11 Å². The highest BCUT2D eigenvalue weighted by Crippen LogP contribution is 2.35. The van der Waals surface area contributed by atoms with Crippen LogP contribution in [0.2, 0.25) is 0 Å². The lowest BCUT2D eigenvalue weighted by Crippen LogP contribution is -2.14. The van der Waals surface area contributed by atoms with E-state index < -0.39 is 0 Å². The molecule has 0 spiro atoms. The van der Waals surface area contributed by atoms with E-state index in [0.717, 1.165) is 18.4 Å². The zero-order valence-corrected chi connectivity index (χ0v) is 7.05. The Morgan fingerprint density at radius 3 is 2.73 bits per heavy atom. The van der Waals surface area contributed by atoms with E-state index in [2.05, 4.69) is 0 Å². The summed E-state index contributed by atoms with van der Waals surface area (Å²) in [6.07, 6.45) is 3.64. The highest BCUT2D eigenvalue weighted by molar-refractivity contribution is 5.93. The van der Waals surface area contributed by atoms with Crippen LogP contribution in [-0.2, 0) is 4.79 Å². The summed E-state index contributed by atoms with van der Waals surface area (Å²) in [5.41, 5.74) is 0.739. The van der Waals surface area contributed by atoms with Gasteiger partial charge >= 0.3 is 0 Å². The summed E-state index contributed by atoms with van der Waals surface area (Å²) in [6.45, 7) is 3.70. The van der Waals surface area contributed by atoms with Crippen molar-refractivity contribution in [1.29, 1.82) is 0 Å². The predicted octanol–water partition coefficient (Wildman–Crippen LogP) is 1.29. The van der Waals surface area contributed by atoms with Crippen LogP contribution < -0.4 is 0 Å². The smallest absolute Gasteiger partial charge is 0.155 e. The molecule has 0 saturated heterocycles. The van der Waals surface area contributed by atoms with Crippen molar-refractivity contribution in [2.45, 2.75) is 26.7 Å². The topological polar surface area (TPSA) is 37.3 Å². The van der Waals surface area contributed by atoms with Crippen LogP contribution in [0.4, 0.5) is 0 Å². The quantitative estimate of drug-likeness (QED) is 0.650. The molecule has 0 aromatic heterocycles. The number of ketones is 1. The van der Waals surface area contributed by atoms with Crippen molar-refractivity contribution in [1.82, 2.24) is 0 Å². The summed E-state index contributed by atoms with van der Waals surface area (Å²) < 4.78 is 0. The van der Waals surface area contributed by atoms with Gasteiger partial charge in [-0.3, -0.25) is 4.79 Å². The van der Waals surface area contributed by atoms with Crippen molar-refractivity contribution in [3.05, 3.63) is 11.6 Å². The Labute approximate surface area is 66.9 Å². The van der Waals surface area contributed by atoms with Crippen LogP contribution in [0.15, 0.2) is 11.6 Å². The predicted molar refractivity (Wildman–Crippen MR) is 43.2 cm³/mol. The summed E-state index contributed by atoms with van der Waals surface area (Å²) in [5.74, 6) is 0.141. The molecule has 11 heavy (non-hydrogen) atoms. The number of aliphatic hydroxyl groups excluding tert-OH is 1. The molecule has 2 heteroatoms. The van der Waals surface area contributed by atoms with E-state index in [-0.39, 0.29) is 17.8 Å². The molecule has 0 bridgehead atoms. The molecule has 1 rings (SSSR count). The molecule has 0 aromatic rings. The molecule has 62 valence electrons. The van der Waals surface area contributed by atoms with E-state index in [1.165, 1.54) is 0 Å². The number of hydrogen-bond acceptors (Lipinski definition) is 2. The summed E-state index contributed by atoms with van der Waals surface area (Å²) in [7, 11) is 0. The fraction of sp³-hybridized carbons (Fsp3) is 0.667. The summed E-state index contributed by atoms with van der Waals surface area (Å²) in [4.78, 5) is 10.9. The Kier molecular flexibility index (Phi) is 2.14. The molecule has 0 fully saturated rings. The molecular formula is C9H14O2. The minimum absolute atomic E-state index is 0.138. The molecular weight excluding hydrogens is 140 g/mol. The van der Waals surface area contributed by atoms with E-state index >= 15 is 0 Å². The fourth-order valence-corrected chi connectivity index (χ4v) is 1.39. The SMILES string of the molecule is CC(=O)C1=C[C@](C)(CO)CC1. The molecule has 1 aliphatic carbocycles. The second-order valence-corrected chi connectivity index (χ2v) is 3.54. The van der Waals surface area contributed by atoms with E-state index in [1.807, 2.05) is 13.0 Å². The normalized spacial score (nSPS) is 30.3. The van der Waals surface area contributed by atoms with E-state index in [0.29, 0.717) is 0 Å². The minimum Gasteiger partial charge on any atom is -0.395 e. The number of aliphatic hydroxyl groups is 1. The van der Waals surface area contributed by atoms with Crippen LogP contribution >= 0.6 is 0 Å². The van der Waals surface area contributed by atoms with Crippen LogP contribution in [0.3, 0.4) is 0 Å². The Bertz CT molecular complexity index is 206. The molecule has 0 aliphatic heterocycles. The highest BCUT2D eigenvalue weighted by atomic mass is 16.3. The zero-order chi connectivity index (χ0) is 8.48. The van der Waals surface area contributed by atoms with Gasteiger partial charge in [-0.2, -0.15) is 0 Å². The van der Waals surface area contributed by atoms with Crippen LogP contribution in [0.1, 0.15) is 26.7 Å². The summed E-state index contributed by atoms with van der Waals surface area (Å²) in [6, 6.07) is 0. The Balaban J connectivity index is 2.75. The Hall–Kier alpha value is -0.630.